The fourth-order valence-corrected chi connectivity index (χ4v) is 3.25. The van der Waals surface area contributed by atoms with Crippen molar-refractivity contribution in [1.29, 1.82) is 0 Å². The third-order valence-corrected chi connectivity index (χ3v) is 4.92. The second kappa shape index (κ2) is 6.95. The Labute approximate surface area is 153 Å². The largest absolute Gasteiger partial charge is 0.426 e. The summed E-state index contributed by atoms with van der Waals surface area (Å²) in [5, 5.41) is 13.7. The van der Waals surface area contributed by atoms with Crippen LogP contribution in [0.1, 0.15) is 31.4 Å². The number of para-hydroxylation sites is 1. The van der Waals surface area contributed by atoms with E-state index in [0.717, 1.165) is 10.6 Å². The summed E-state index contributed by atoms with van der Waals surface area (Å²) >= 11 is 0. The Morgan fingerprint density at radius 2 is 1.81 bits per heavy atom. The van der Waals surface area contributed by atoms with Crippen LogP contribution in [0, 0.1) is 5.82 Å². The molecule has 1 aliphatic rings. The van der Waals surface area contributed by atoms with Crippen molar-refractivity contribution >= 4 is 5.91 Å². The molecule has 2 aromatic rings. The lowest BCUT2D eigenvalue weighted by atomic mass is 9.92. The van der Waals surface area contributed by atoms with E-state index in [0.29, 0.717) is 19.8 Å². The molecule has 1 aromatic carbocycles. The van der Waals surface area contributed by atoms with Gasteiger partial charge in [-0.2, -0.15) is 18.3 Å². The van der Waals surface area contributed by atoms with E-state index in [9.17, 15) is 27.5 Å². The van der Waals surface area contributed by atoms with Crippen LogP contribution in [0.15, 0.2) is 36.5 Å². The van der Waals surface area contributed by atoms with Crippen molar-refractivity contribution < 1.29 is 27.5 Å². The van der Waals surface area contributed by atoms with Crippen molar-refractivity contribution in [3.8, 4) is 5.69 Å². The maximum atomic E-state index is 14.1. The third kappa shape index (κ3) is 3.55. The van der Waals surface area contributed by atoms with Gasteiger partial charge in [-0.25, -0.2) is 9.07 Å². The number of benzene rings is 1. The zero-order chi connectivity index (χ0) is 19.8. The standard InChI is InChI=1S/C18H19F4N3O2/c1-17(27,18(20,21)22)16(26)24-10-7-12(8-11-24)14-6-9-23-25(14)15-5-3-2-4-13(15)19/h2-6,9,12,27H,7-8,10-11H2,1H3/t17-/m1/s1. The highest BCUT2D eigenvalue weighted by atomic mass is 19.4. The zero-order valence-electron chi connectivity index (χ0n) is 14.6. The van der Waals surface area contributed by atoms with Crippen LogP contribution < -0.4 is 0 Å². The smallest absolute Gasteiger partial charge is 0.373 e. The SMILES string of the molecule is C[C@@](O)(C(=O)N1CCC(c2ccnn2-c2ccccc2F)CC1)C(F)(F)F. The predicted molar refractivity (Wildman–Crippen MR) is 88.8 cm³/mol. The quantitative estimate of drug-likeness (QED) is 0.827. The number of rotatable bonds is 3. The van der Waals surface area contributed by atoms with Crippen molar-refractivity contribution in [1.82, 2.24) is 14.7 Å². The van der Waals surface area contributed by atoms with Gasteiger partial charge >= 0.3 is 6.18 Å². The molecule has 5 nitrogen and oxygen atoms in total. The summed E-state index contributed by atoms with van der Waals surface area (Å²) in [6.07, 6.45) is -2.72. The first kappa shape index (κ1) is 19.3. The number of halogens is 4. The molecular weight excluding hydrogens is 366 g/mol. The average molecular weight is 385 g/mol. The lowest BCUT2D eigenvalue weighted by molar-refractivity contribution is -0.250. The molecule has 0 spiro atoms. The molecule has 1 aliphatic heterocycles. The van der Waals surface area contributed by atoms with Crippen molar-refractivity contribution in [2.75, 3.05) is 13.1 Å². The van der Waals surface area contributed by atoms with E-state index < -0.39 is 23.5 Å². The van der Waals surface area contributed by atoms with Gasteiger partial charge in [0, 0.05) is 30.9 Å². The summed E-state index contributed by atoms with van der Waals surface area (Å²) in [4.78, 5) is 13.1. The predicted octanol–water partition coefficient (Wildman–Crippen LogP) is 3.03. The maximum absolute atomic E-state index is 14.1. The lowest BCUT2D eigenvalue weighted by Crippen LogP contribution is -2.57. The first-order valence-corrected chi connectivity index (χ1v) is 8.50. The van der Waals surface area contributed by atoms with E-state index in [1.54, 1.807) is 24.3 Å². The van der Waals surface area contributed by atoms with Crippen LogP contribution in [0.3, 0.4) is 0 Å². The minimum absolute atomic E-state index is 0.0676. The van der Waals surface area contributed by atoms with E-state index in [1.807, 2.05) is 0 Å². The van der Waals surface area contributed by atoms with E-state index in [4.69, 9.17) is 0 Å². The number of nitrogens with zero attached hydrogens (tertiary/aromatic N) is 3. The Morgan fingerprint density at radius 1 is 1.19 bits per heavy atom. The summed E-state index contributed by atoms with van der Waals surface area (Å²) in [6.45, 7) is 0.602. The van der Waals surface area contributed by atoms with Gasteiger partial charge in [0.15, 0.2) is 0 Å². The summed E-state index contributed by atoms with van der Waals surface area (Å²) in [5.41, 5.74) is -2.39. The number of likely N-dealkylation sites (tertiary alicyclic amines) is 1. The van der Waals surface area contributed by atoms with Gasteiger partial charge in [-0.15, -0.1) is 0 Å². The highest BCUT2D eigenvalue weighted by molar-refractivity contribution is 5.85. The molecule has 1 saturated heterocycles. The molecule has 1 fully saturated rings. The van der Waals surface area contributed by atoms with Crippen molar-refractivity contribution in [3.05, 3.63) is 48.0 Å². The number of carbonyl (C=O) groups is 1. The van der Waals surface area contributed by atoms with Crippen LogP contribution >= 0.6 is 0 Å². The monoisotopic (exact) mass is 385 g/mol. The van der Waals surface area contributed by atoms with Crippen LogP contribution in [0.2, 0.25) is 0 Å². The molecule has 0 bridgehead atoms. The Bertz CT molecular complexity index is 824. The molecule has 3 rings (SSSR count). The van der Waals surface area contributed by atoms with Gasteiger partial charge in [-0.3, -0.25) is 4.79 Å². The highest BCUT2D eigenvalue weighted by Gasteiger charge is 2.57. The van der Waals surface area contributed by atoms with Crippen LogP contribution in [0.5, 0.6) is 0 Å². The van der Waals surface area contributed by atoms with E-state index in [1.165, 1.54) is 16.9 Å². The van der Waals surface area contributed by atoms with Gasteiger partial charge < -0.3 is 10.0 Å². The molecule has 146 valence electrons. The molecule has 27 heavy (non-hydrogen) atoms. The number of aliphatic hydroxyl groups is 1. The number of carbonyl (C=O) groups excluding carboxylic acids is 1. The third-order valence-electron chi connectivity index (χ3n) is 4.92. The molecular formula is C18H19F4N3O2. The molecule has 1 N–H and O–H groups in total. The van der Waals surface area contributed by atoms with Crippen molar-refractivity contribution in [2.24, 2.45) is 0 Å². The van der Waals surface area contributed by atoms with Gasteiger partial charge in [0.05, 0.1) is 0 Å². The van der Waals surface area contributed by atoms with Crippen molar-refractivity contribution in [2.45, 2.75) is 37.5 Å². The van der Waals surface area contributed by atoms with Crippen LogP contribution in [0.25, 0.3) is 5.69 Å². The molecule has 0 unspecified atom stereocenters. The summed E-state index contributed by atoms with van der Waals surface area (Å²) < 4.78 is 54.2. The topological polar surface area (TPSA) is 58.4 Å². The summed E-state index contributed by atoms with van der Waals surface area (Å²) in [7, 11) is 0. The highest BCUT2D eigenvalue weighted by Crippen LogP contribution is 2.35. The first-order chi connectivity index (χ1) is 12.6. The molecule has 1 atom stereocenters. The minimum Gasteiger partial charge on any atom is -0.373 e. The molecule has 0 aliphatic carbocycles. The second-order valence-electron chi connectivity index (χ2n) is 6.76. The van der Waals surface area contributed by atoms with Gasteiger partial charge in [-0.05, 0) is 38.0 Å². The Kier molecular flexibility index (Phi) is 4.98. The number of alkyl halides is 3. The lowest BCUT2D eigenvalue weighted by Gasteiger charge is -2.36. The Hall–Kier alpha value is -2.42. The van der Waals surface area contributed by atoms with Crippen LogP contribution in [-0.4, -0.2) is 50.6 Å². The molecule has 1 amide bonds. The Morgan fingerprint density at radius 3 is 2.41 bits per heavy atom. The van der Waals surface area contributed by atoms with Gasteiger partial charge in [0.1, 0.15) is 11.5 Å². The van der Waals surface area contributed by atoms with Crippen LogP contribution in [-0.2, 0) is 4.79 Å². The molecule has 2 heterocycles. The number of amides is 1. The van der Waals surface area contributed by atoms with Gasteiger partial charge in [-0.1, -0.05) is 12.1 Å². The van der Waals surface area contributed by atoms with Crippen LogP contribution in [0.4, 0.5) is 17.6 Å². The molecule has 9 heteroatoms. The molecule has 0 radical (unpaired) electrons. The molecule has 0 saturated carbocycles. The number of piperidine rings is 1. The zero-order valence-corrected chi connectivity index (χ0v) is 14.6. The average Bonchev–Trinajstić information content (AvgIpc) is 3.10. The number of hydrogen-bond donors (Lipinski definition) is 1. The fraction of sp³-hybridized carbons (Fsp3) is 0.444. The molecule has 1 aromatic heterocycles. The fourth-order valence-electron chi connectivity index (χ4n) is 3.25. The second-order valence-corrected chi connectivity index (χ2v) is 6.76. The van der Waals surface area contributed by atoms with E-state index >= 15 is 0 Å². The maximum Gasteiger partial charge on any atom is 0.426 e. The van der Waals surface area contributed by atoms with Gasteiger partial charge in [0.2, 0.25) is 5.60 Å². The first-order valence-electron chi connectivity index (χ1n) is 8.50. The Balaban J connectivity index is 1.74. The number of aromatic nitrogens is 2. The van der Waals surface area contributed by atoms with Gasteiger partial charge in [0.25, 0.3) is 5.91 Å². The minimum atomic E-state index is -5.04. The summed E-state index contributed by atoms with van der Waals surface area (Å²) in [5.74, 6) is -1.88. The van der Waals surface area contributed by atoms with E-state index in [2.05, 4.69) is 5.10 Å². The van der Waals surface area contributed by atoms with E-state index in [-0.39, 0.29) is 24.7 Å². The summed E-state index contributed by atoms with van der Waals surface area (Å²) in [6, 6.07) is 7.90. The normalized spacial score (nSPS) is 18.4. The number of hydrogen-bond acceptors (Lipinski definition) is 3. The van der Waals surface area contributed by atoms with Crippen molar-refractivity contribution in [3.63, 3.8) is 0 Å².